The average molecular weight is 334 g/mol. The van der Waals surface area contributed by atoms with E-state index in [0.29, 0.717) is 5.56 Å². The molecule has 0 heterocycles. The molecular formula is C11H15N2O8P. The lowest BCUT2D eigenvalue weighted by Gasteiger charge is -2.15. The van der Waals surface area contributed by atoms with Crippen molar-refractivity contribution in [2.75, 3.05) is 0 Å². The molecule has 0 saturated carbocycles. The number of hydrogen-bond acceptors (Lipinski definition) is 6. The van der Waals surface area contributed by atoms with Crippen LogP contribution in [-0.4, -0.2) is 37.9 Å². The first-order valence-corrected chi connectivity index (χ1v) is 7.43. The molecule has 1 aromatic rings. The van der Waals surface area contributed by atoms with Gasteiger partial charge in [0.2, 0.25) is 5.91 Å². The van der Waals surface area contributed by atoms with E-state index in [0.717, 1.165) is 12.1 Å². The molecule has 0 aliphatic rings. The van der Waals surface area contributed by atoms with Gasteiger partial charge in [-0.3, -0.25) is 24.8 Å². The van der Waals surface area contributed by atoms with Crippen molar-refractivity contribution >= 4 is 19.7 Å². The van der Waals surface area contributed by atoms with Crippen LogP contribution < -0.4 is 15.4 Å². The van der Waals surface area contributed by atoms with Gasteiger partial charge in [0, 0.05) is 13.3 Å². The number of carbonyl (C=O) groups is 2. The van der Waals surface area contributed by atoms with Crippen molar-refractivity contribution < 1.29 is 38.7 Å². The van der Waals surface area contributed by atoms with Crippen molar-refractivity contribution in [3.63, 3.8) is 0 Å². The molecule has 1 rings (SSSR count). The summed E-state index contributed by atoms with van der Waals surface area (Å²) >= 11 is 0. The van der Waals surface area contributed by atoms with Gasteiger partial charge in [0.05, 0.1) is 0 Å². The maximum Gasteiger partial charge on any atom is 0.524 e. The minimum Gasteiger partial charge on any atom is -0.504 e. The molecule has 1 atom stereocenters. The number of hydrazine groups is 1. The number of phosphoric ester groups is 1. The van der Waals surface area contributed by atoms with Crippen LogP contribution in [0.3, 0.4) is 0 Å². The third-order valence-electron chi connectivity index (χ3n) is 2.40. The van der Waals surface area contributed by atoms with E-state index in [1.165, 1.54) is 13.0 Å². The fourth-order valence-corrected chi connectivity index (χ4v) is 1.93. The summed E-state index contributed by atoms with van der Waals surface area (Å²) in [5.41, 5.74) is 4.80. The summed E-state index contributed by atoms with van der Waals surface area (Å²) in [5.74, 6) is -2.69. The standard InChI is InChI=1S/C11H15N2O8P/c1-6(14)12-13-8(11(16)17)4-7-2-3-10(9(15)5-7)21-22(18,19)20/h2-3,5,8,13,15H,4H2,1H3,(H,12,14)(H,16,17)(H2,18,19,20). The molecule has 6 N–H and O–H groups in total. The normalized spacial score (nSPS) is 12.5. The molecule has 0 bridgehead atoms. The number of nitrogens with one attached hydrogen (secondary N) is 2. The summed E-state index contributed by atoms with van der Waals surface area (Å²) in [6.07, 6.45) is -0.0979. The highest BCUT2D eigenvalue weighted by Crippen LogP contribution is 2.41. The molecule has 11 heteroatoms. The van der Waals surface area contributed by atoms with E-state index in [-0.39, 0.29) is 6.42 Å². The molecule has 10 nitrogen and oxygen atoms in total. The second kappa shape index (κ2) is 7.23. The van der Waals surface area contributed by atoms with Gasteiger partial charge in [-0.2, -0.15) is 0 Å². The Morgan fingerprint density at radius 1 is 1.36 bits per heavy atom. The molecule has 0 aromatic heterocycles. The number of phenolic OH excluding ortho intramolecular Hbond substituents is 1. The SMILES string of the molecule is CC(=O)NNC(Cc1ccc(OP(=O)(O)O)c(O)c1)C(=O)O. The van der Waals surface area contributed by atoms with Crippen molar-refractivity contribution in [2.45, 2.75) is 19.4 Å². The Kier molecular flexibility index (Phi) is 5.89. The Hall–Kier alpha value is -2.13. The van der Waals surface area contributed by atoms with Crippen molar-refractivity contribution in [1.82, 2.24) is 10.9 Å². The molecule has 0 aliphatic carbocycles. The zero-order valence-corrected chi connectivity index (χ0v) is 12.3. The third kappa shape index (κ3) is 6.10. The van der Waals surface area contributed by atoms with Crippen LogP contribution in [0, 0.1) is 0 Å². The van der Waals surface area contributed by atoms with Gasteiger partial charge in [0.15, 0.2) is 11.5 Å². The van der Waals surface area contributed by atoms with Crippen molar-refractivity contribution in [1.29, 1.82) is 0 Å². The number of aromatic hydroxyl groups is 1. The molecule has 0 saturated heterocycles. The van der Waals surface area contributed by atoms with E-state index in [1.54, 1.807) is 0 Å². The first-order valence-electron chi connectivity index (χ1n) is 5.90. The first-order chi connectivity index (χ1) is 10.1. The van der Waals surface area contributed by atoms with E-state index in [4.69, 9.17) is 14.9 Å². The van der Waals surface area contributed by atoms with Gasteiger partial charge < -0.3 is 14.7 Å². The number of carbonyl (C=O) groups excluding carboxylic acids is 1. The van der Waals surface area contributed by atoms with Crippen LogP contribution in [0.1, 0.15) is 12.5 Å². The Morgan fingerprint density at radius 3 is 2.45 bits per heavy atom. The summed E-state index contributed by atoms with van der Waals surface area (Å²) < 4.78 is 14.9. The number of aliphatic carboxylic acids is 1. The Morgan fingerprint density at radius 2 is 2.00 bits per heavy atom. The Bertz CT molecular complexity index is 614. The first kappa shape index (κ1) is 17.9. The predicted molar refractivity (Wildman–Crippen MR) is 72.9 cm³/mol. The van der Waals surface area contributed by atoms with Gasteiger partial charge in [0.1, 0.15) is 6.04 Å². The van der Waals surface area contributed by atoms with Gasteiger partial charge in [-0.05, 0) is 17.7 Å². The van der Waals surface area contributed by atoms with E-state index in [1.807, 2.05) is 0 Å². The molecule has 1 unspecified atom stereocenters. The number of phenols is 1. The number of hydrogen-bond donors (Lipinski definition) is 6. The summed E-state index contributed by atoms with van der Waals surface area (Å²) in [6, 6.07) is 2.38. The highest BCUT2D eigenvalue weighted by molar-refractivity contribution is 7.46. The van der Waals surface area contributed by atoms with Gasteiger partial charge in [-0.15, -0.1) is 0 Å². The maximum absolute atomic E-state index is 11.1. The molecule has 0 radical (unpaired) electrons. The number of amides is 1. The molecule has 0 fully saturated rings. The summed E-state index contributed by atoms with van der Waals surface area (Å²) in [5, 5.41) is 18.6. The van der Waals surface area contributed by atoms with Crippen LogP contribution in [0.2, 0.25) is 0 Å². The fourth-order valence-electron chi connectivity index (χ4n) is 1.52. The monoisotopic (exact) mass is 334 g/mol. The summed E-state index contributed by atoms with van der Waals surface area (Å²) in [7, 11) is -4.81. The van der Waals surface area contributed by atoms with Crippen LogP contribution in [-0.2, 0) is 20.6 Å². The minimum atomic E-state index is -4.81. The molecule has 0 spiro atoms. The van der Waals surface area contributed by atoms with Crippen molar-refractivity contribution in [3.8, 4) is 11.5 Å². The number of benzene rings is 1. The Labute approximate surface area is 124 Å². The Balaban J connectivity index is 2.84. The zero-order chi connectivity index (χ0) is 16.9. The summed E-state index contributed by atoms with van der Waals surface area (Å²) in [6.45, 7) is 1.20. The second-order valence-electron chi connectivity index (χ2n) is 4.30. The highest BCUT2D eigenvalue weighted by Gasteiger charge is 2.21. The summed E-state index contributed by atoms with van der Waals surface area (Å²) in [4.78, 5) is 39.1. The predicted octanol–water partition coefficient (Wildman–Crippen LogP) is -0.500. The molecule has 1 amide bonds. The topological polar surface area (TPSA) is 165 Å². The smallest absolute Gasteiger partial charge is 0.504 e. The number of rotatable bonds is 7. The lowest BCUT2D eigenvalue weighted by molar-refractivity contribution is -0.140. The van der Waals surface area contributed by atoms with Crippen LogP contribution in [0.4, 0.5) is 0 Å². The average Bonchev–Trinajstić information content (AvgIpc) is 2.35. The van der Waals surface area contributed by atoms with Crippen molar-refractivity contribution in [3.05, 3.63) is 23.8 Å². The highest BCUT2D eigenvalue weighted by atomic mass is 31.2. The van der Waals surface area contributed by atoms with Crippen LogP contribution in [0.25, 0.3) is 0 Å². The van der Waals surface area contributed by atoms with Gasteiger partial charge >= 0.3 is 13.8 Å². The maximum atomic E-state index is 11.1. The largest absolute Gasteiger partial charge is 0.524 e. The van der Waals surface area contributed by atoms with Gasteiger partial charge in [0.25, 0.3) is 0 Å². The molecule has 122 valence electrons. The lowest BCUT2D eigenvalue weighted by atomic mass is 10.1. The second-order valence-corrected chi connectivity index (χ2v) is 5.47. The molecule has 1 aromatic carbocycles. The quantitative estimate of drug-likeness (QED) is 0.285. The van der Waals surface area contributed by atoms with E-state index in [2.05, 4.69) is 15.4 Å². The van der Waals surface area contributed by atoms with E-state index < -0.39 is 37.2 Å². The van der Waals surface area contributed by atoms with E-state index >= 15 is 0 Å². The van der Waals surface area contributed by atoms with Gasteiger partial charge in [-0.1, -0.05) is 6.07 Å². The van der Waals surface area contributed by atoms with Crippen LogP contribution >= 0.6 is 7.82 Å². The minimum absolute atomic E-state index is 0.0979. The molecular weight excluding hydrogens is 319 g/mol. The zero-order valence-electron chi connectivity index (χ0n) is 11.4. The lowest BCUT2D eigenvalue weighted by Crippen LogP contribution is -2.48. The molecule has 0 aliphatic heterocycles. The third-order valence-corrected chi connectivity index (χ3v) is 2.84. The fraction of sp³-hybridized carbons (Fsp3) is 0.273. The van der Waals surface area contributed by atoms with Crippen LogP contribution in [0.15, 0.2) is 18.2 Å². The van der Waals surface area contributed by atoms with Crippen molar-refractivity contribution in [2.24, 2.45) is 0 Å². The number of carboxylic acid groups (broad SMARTS) is 1. The number of carboxylic acids is 1. The van der Waals surface area contributed by atoms with Gasteiger partial charge in [-0.25, -0.2) is 9.99 Å². The molecule has 22 heavy (non-hydrogen) atoms. The number of phosphoric acid groups is 1. The van der Waals surface area contributed by atoms with Crippen LogP contribution in [0.5, 0.6) is 11.5 Å². The van der Waals surface area contributed by atoms with E-state index in [9.17, 15) is 19.3 Å².